The molecule has 0 saturated carbocycles. The lowest BCUT2D eigenvalue weighted by Crippen LogP contribution is -3.00. The Kier molecular flexibility index (Phi) is 3.53. The molecule has 0 saturated heterocycles. The highest BCUT2D eigenvalue weighted by Crippen LogP contribution is 2.29. The van der Waals surface area contributed by atoms with Crippen LogP contribution in [0.2, 0.25) is 0 Å². The Morgan fingerprint density at radius 2 is 1.91 bits per heavy atom. The van der Waals surface area contributed by atoms with Gasteiger partial charge in [-0.05, 0) is 31.5 Å². The number of fused-ring (bicyclic) bond motifs is 5. The summed E-state index contributed by atoms with van der Waals surface area (Å²) >= 11 is 0. The number of benzene rings is 1. The maximum atomic E-state index is 5.29. The molecular formula is C17H16BrN3O. The summed E-state index contributed by atoms with van der Waals surface area (Å²) in [5, 5.41) is 5.70. The average Bonchev–Trinajstić information content (AvgIpc) is 2.86. The fourth-order valence-corrected chi connectivity index (χ4v) is 2.79. The summed E-state index contributed by atoms with van der Waals surface area (Å²) in [5.74, 6) is 0.834. The highest BCUT2D eigenvalue weighted by atomic mass is 79.9. The second-order valence-electron chi connectivity index (χ2n) is 5.39. The van der Waals surface area contributed by atoms with E-state index in [4.69, 9.17) is 9.72 Å². The van der Waals surface area contributed by atoms with Crippen LogP contribution in [0, 0.1) is 13.8 Å². The molecule has 0 atom stereocenters. The molecule has 4 aromatic rings. The normalized spacial score (nSPS) is 11.0. The van der Waals surface area contributed by atoms with Crippen molar-refractivity contribution in [1.29, 1.82) is 0 Å². The highest BCUT2D eigenvalue weighted by molar-refractivity contribution is 6.11. The zero-order valence-electron chi connectivity index (χ0n) is 12.6. The molecule has 0 fully saturated rings. The number of nitrogens with zero attached hydrogens (tertiary/aromatic N) is 2. The van der Waals surface area contributed by atoms with E-state index in [-0.39, 0.29) is 17.0 Å². The zero-order valence-corrected chi connectivity index (χ0v) is 14.2. The monoisotopic (exact) mass is 357 g/mol. The van der Waals surface area contributed by atoms with E-state index < -0.39 is 0 Å². The second kappa shape index (κ2) is 5.25. The fourth-order valence-electron chi connectivity index (χ4n) is 2.79. The lowest BCUT2D eigenvalue weighted by atomic mass is 10.1. The Bertz CT molecular complexity index is 1010. The summed E-state index contributed by atoms with van der Waals surface area (Å²) < 4.78 is 7.31. The Morgan fingerprint density at radius 3 is 2.68 bits per heavy atom. The molecule has 0 aliphatic carbocycles. The predicted octanol–water partition coefficient (Wildman–Crippen LogP) is 0.0842. The van der Waals surface area contributed by atoms with E-state index in [0.29, 0.717) is 0 Å². The molecule has 0 radical (unpaired) electrons. The summed E-state index contributed by atoms with van der Waals surface area (Å²) in [6.07, 6.45) is 2.05. The van der Waals surface area contributed by atoms with Crippen LogP contribution in [0.25, 0.3) is 27.3 Å². The largest absolute Gasteiger partial charge is 1.00 e. The topological polar surface area (TPSA) is 42.0 Å². The summed E-state index contributed by atoms with van der Waals surface area (Å²) in [6.45, 7) is 4.18. The Labute approximate surface area is 138 Å². The number of nitrogens with one attached hydrogen (secondary N) is 1. The number of rotatable bonds is 1. The van der Waals surface area contributed by atoms with E-state index in [2.05, 4.69) is 43.3 Å². The van der Waals surface area contributed by atoms with E-state index in [1.54, 1.807) is 7.11 Å². The number of ether oxygens (including phenoxy) is 1. The maximum absolute atomic E-state index is 5.29. The van der Waals surface area contributed by atoms with E-state index in [0.717, 1.165) is 33.4 Å². The maximum Gasteiger partial charge on any atom is 0.261 e. The van der Waals surface area contributed by atoms with Crippen LogP contribution in [-0.2, 0) is 0 Å². The van der Waals surface area contributed by atoms with Gasteiger partial charge in [-0.2, -0.15) is 5.10 Å². The summed E-state index contributed by atoms with van der Waals surface area (Å²) in [4.78, 5) is 4.80. The minimum Gasteiger partial charge on any atom is -1.00 e. The van der Waals surface area contributed by atoms with Crippen LogP contribution >= 0.6 is 0 Å². The van der Waals surface area contributed by atoms with Crippen LogP contribution in [0.15, 0.2) is 36.5 Å². The second-order valence-corrected chi connectivity index (χ2v) is 5.39. The fraction of sp³-hybridized carbons (Fsp3) is 0.176. The van der Waals surface area contributed by atoms with Crippen LogP contribution in [0.5, 0.6) is 5.75 Å². The number of aryl methyl sites for hydroxylation is 2. The standard InChI is InChI=1S/C17H15N3O.BrH/c1-10-8-16-17-14(6-7-20(16)19-11(10)2)13-5-4-12(21-3)9-15(13)18-17;/h4-9H,1-3H3;1H. The molecule has 5 heteroatoms. The van der Waals surface area contributed by atoms with Crippen molar-refractivity contribution in [2.45, 2.75) is 13.8 Å². The van der Waals surface area contributed by atoms with E-state index in [9.17, 15) is 0 Å². The molecule has 1 aromatic carbocycles. The van der Waals surface area contributed by atoms with Crippen LogP contribution in [0.4, 0.5) is 0 Å². The third-order valence-electron chi connectivity index (χ3n) is 4.11. The van der Waals surface area contributed by atoms with Crippen molar-refractivity contribution >= 4 is 27.3 Å². The number of hydrogen-bond acceptors (Lipinski definition) is 2. The van der Waals surface area contributed by atoms with Gasteiger partial charge >= 0.3 is 0 Å². The SMILES string of the molecule is COc1ccc2c(c1)nc1c2cc[n+]2[nH]c(C)c(C)cc12.[Br-]. The molecule has 22 heavy (non-hydrogen) atoms. The van der Waals surface area contributed by atoms with Gasteiger partial charge in [0, 0.05) is 29.0 Å². The van der Waals surface area contributed by atoms with Crippen molar-refractivity contribution < 1.29 is 26.2 Å². The molecule has 3 aromatic heterocycles. The first-order valence-corrected chi connectivity index (χ1v) is 6.95. The first kappa shape index (κ1) is 14.8. The van der Waals surface area contributed by atoms with Crippen molar-refractivity contribution in [2.24, 2.45) is 0 Å². The summed E-state index contributed by atoms with van der Waals surface area (Å²) in [6, 6.07) is 10.3. The molecule has 0 spiro atoms. The van der Waals surface area contributed by atoms with Gasteiger partial charge in [-0.1, -0.05) is 4.52 Å². The molecule has 4 rings (SSSR count). The van der Waals surface area contributed by atoms with Gasteiger partial charge in [0.15, 0.2) is 0 Å². The summed E-state index contributed by atoms with van der Waals surface area (Å²) in [7, 11) is 1.68. The number of pyridine rings is 1. The third kappa shape index (κ3) is 2.04. The van der Waals surface area contributed by atoms with Gasteiger partial charge in [0.25, 0.3) is 5.52 Å². The van der Waals surface area contributed by atoms with Gasteiger partial charge in [0.1, 0.15) is 11.3 Å². The molecule has 0 amide bonds. The zero-order chi connectivity index (χ0) is 14.6. The summed E-state index contributed by atoms with van der Waals surface area (Å²) in [5.41, 5.74) is 5.46. The van der Waals surface area contributed by atoms with Crippen molar-refractivity contribution in [2.75, 3.05) is 7.11 Å². The van der Waals surface area contributed by atoms with Gasteiger partial charge in [0.05, 0.1) is 18.3 Å². The van der Waals surface area contributed by atoms with Gasteiger partial charge < -0.3 is 21.7 Å². The molecule has 112 valence electrons. The molecule has 0 bridgehead atoms. The molecule has 4 nitrogen and oxygen atoms in total. The van der Waals surface area contributed by atoms with Crippen LogP contribution in [0.1, 0.15) is 11.3 Å². The van der Waals surface area contributed by atoms with Crippen molar-refractivity contribution in [3.8, 4) is 5.75 Å². The van der Waals surface area contributed by atoms with E-state index >= 15 is 0 Å². The van der Waals surface area contributed by atoms with Crippen LogP contribution in [0.3, 0.4) is 0 Å². The Hall–Kier alpha value is -2.14. The number of aromatic nitrogens is 3. The molecule has 0 aliphatic rings. The first-order valence-electron chi connectivity index (χ1n) is 6.95. The van der Waals surface area contributed by atoms with Crippen molar-refractivity contribution in [3.63, 3.8) is 0 Å². The average molecular weight is 358 g/mol. The number of halogens is 1. The third-order valence-corrected chi connectivity index (χ3v) is 4.11. The molecule has 0 unspecified atom stereocenters. The number of H-pyrrole nitrogens is 1. The smallest absolute Gasteiger partial charge is 0.261 e. The van der Waals surface area contributed by atoms with Gasteiger partial charge in [-0.25, -0.2) is 4.98 Å². The predicted molar refractivity (Wildman–Crippen MR) is 82.8 cm³/mol. The van der Waals surface area contributed by atoms with Crippen molar-refractivity contribution in [3.05, 3.63) is 47.8 Å². The quantitative estimate of drug-likeness (QED) is 0.490. The number of hydrogen-bond donors (Lipinski definition) is 1. The molecular weight excluding hydrogens is 342 g/mol. The lowest BCUT2D eigenvalue weighted by Gasteiger charge is -1.99. The minimum absolute atomic E-state index is 0. The first-order chi connectivity index (χ1) is 10.2. The van der Waals surface area contributed by atoms with Gasteiger partial charge in [-0.15, -0.1) is 0 Å². The molecule has 0 aliphatic heterocycles. The van der Waals surface area contributed by atoms with Gasteiger partial charge in [-0.3, -0.25) is 0 Å². The Morgan fingerprint density at radius 1 is 1.09 bits per heavy atom. The number of aromatic amines is 1. The van der Waals surface area contributed by atoms with Gasteiger partial charge in [0.2, 0.25) is 6.20 Å². The van der Waals surface area contributed by atoms with E-state index in [1.165, 1.54) is 10.9 Å². The van der Waals surface area contributed by atoms with Crippen molar-refractivity contribution in [1.82, 2.24) is 10.1 Å². The highest BCUT2D eigenvalue weighted by Gasteiger charge is 2.16. The minimum atomic E-state index is 0. The number of methoxy groups -OCH3 is 1. The molecule has 3 heterocycles. The lowest BCUT2D eigenvalue weighted by molar-refractivity contribution is -0.580. The Balaban J connectivity index is 0.00000144. The van der Waals surface area contributed by atoms with Crippen LogP contribution < -0.4 is 26.2 Å². The molecule has 1 N–H and O–H groups in total. The van der Waals surface area contributed by atoms with Crippen LogP contribution in [-0.4, -0.2) is 17.2 Å². The van der Waals surface area contributed by atoms with E-state index in [1.807, 2.05) is 16.6 Å².